The summed E-state index contributed by atoms with van der Waals surface area (Å²) < 4.78 is 0. The Morgan fingerprint density at radius 2 is 1.80 bits per heavy atom. The third-order valence-electron chi connectivity index (χ3n) is 2.36. The van der Waals surface area contributed by atoms with Crippen LogP contribution in [0.3, 0.4) is 0 Å². The predicted octanol–water partition coefficient (Wildman–Crippen LogP) is 1.48. The van der Waals surface area contributed by atoms with Crippen LogP contribution in [0.4, 0.5) is 5.69 Å². The highest BCUT2D eigenvalue weighted by molar-refractivity contribution is 5.92. The van der Waals surface area contributed by atoms with Gasteiger partial charge in [0, 0.05) is 18.2 Å². The monoisotopic (exact) mass is 270 g/mol. The molecule has 0 saturated heterocycles. The Balaban J connectivity index is 2.76. The van der Waals surface area contributed by atoms with Gasteiger partial charge in [-0.2, -0.15) is 10.5 Å². The fourth-order valence-corrected chi connectivity index (χ4v) is 1.36. The average molecular weight is 270 g/mol. The van der Waals surface area contributed by atoms with Crippen LogP contribution in [0.15, 0.2) is 30.3 Å². The molecule has 0 radical (unpaired) electrons. The maximum absolute atomic E-state index is 11.7. The first-order valence-electron chi connectivity index (χ1n) is 5.54. The van der Waals surface area contributed by atoms with Crippen molar-refractivity contribution < 1.29 is 9.72 Å². The molecule has 1 aromatic carbocycles. The van der Waals surface area contributed by atoms with Gasteiger partial charge in [0.05, 0.1) is 17.1 Å². The van der Waals surface area contributed by atoms with E-state index in [0.29, 0.717) is 5.56 Å². The first-order chi connectivity index (χ1) is 9.58. The highest BCUT2D eigenvalue weighted by Gasteiger charge is 2.09. The van der Waals surface area contributed by atoms with Gasteiger partial charge < -0.3 is 4.90 Å². The second kappa shape index (κ2) is 7.29. The van der Waals surface area contributed by atoms with Gasteiger partial charge in [0.15, 0.2) is 0 Å². The molecule has 100 valence electrons. The van der Waals surface area contributed by atoms with Crippen LogP contribution in [-0.2, 0) is 4.79 Å². The summed E-state index contributed by atoms with van der Waals surface area (Å²) in [5, 5.41) is 27.6. The summed E-state index contributed by atoms with van der Waals surface area (Å²) in [5.74, 6) is -0.466. The number of nitro groups is 1. The summed E-state index contributed by atoms with van der Waals surface area (Å²) in [6.45, 7) is -0.339. The van der Waals surface area contributed by atoms with Crippen molar-refractivity contribution in [2.24, 2.45) is 0 Å². The van der Waals surface area contributed by atoms with Crippen molar-refractivity contribution in [3.8, 4) is 12.1 Å². The van der Waals surface area contributed by atoms with Crippen LogP contribution in [-0.4, -0.2) is 28.8 Å². The number of amides is 1. The Labute approximate surface area is 115 Å². The van der Waals surface area contributed by atoms with Crippen molar-refractivity contribution in [2.75, 3.05) is 13.1 Å². The van der Waals surface area contributed by atoms with E-state index in [9.17, 15) is 14.9 Å². The van der Waals surface area contributed by atoms with Crippen LogP contribution < -0.4 is 0 Å². The third kappa shape index (κ3) is 4.24. The quantitative estimate of drug-likeness (QED) is 0.348. The third-order valence-corrected chi connectivity index (χ3v) is 2.36. The zero-order valence-electron chi connectivity index (χ0n) is 10.4. The topological polar surface area (TPSA) is 111 Å². The van der Waals surface area contributed by atoms with Crippen molar-refractivity contribution in [1.82, 2.24) is 4.90 Å². The van der Waals surface area contributed by atoms with Gasteiger partial charge >= 0.3 is 0 Å². The molecule has 0 aliphatic heterocycles. The molecule has 0 bridgehead atoms. The van der Waals surface area contributed by atoms with Gasteiger partial charge in [-0.3, -0.25) is 14.9 Å². The smallest absolute Gasteiger partial charge is 0.269 e. The van der Waals surface area contributed by atoms with Crippen LogP contribution in [0.2, 0.25) is 0 Å². The number of nitro benzene ring substituents is 1. The van der Waals surface area contributed by atoms with E-state index in [1.807, 2.05) is 0 Å². The van der Waals surface area contributed by atoms with E-state index in [1.54, 1.807) is 12.1 Å². The highest BCUT2D eigenvalue weighted by atomic mass is 16.6. The summed E-state index contributed by atoms with van der Waals surface area (Å²) in [6, 6.07) is 9.25. The largest absolute Gasteiger partial charge is 0.313 e. The number of benzene rings is 1. The summed E-state index contributed by atoms with van der Waals surface area (Å²) >= 11 is 0. The molecule has 0 fully saturated rings. The number of rotatable bonds is 5. The van der Waals surface area contributed by atoms with Gasteiger partial charge in [-0.15, -0.1) is 0 Å². The number of hydrogen-bond donors (Lipinski definition) is 0. The number of nitriles is 2. The Hall–Kier alpha value is -3.19. The zero-order chi connectivity index (χ0) is 15.0. The maximum atomic E-state index is 11.7. The lowest BCUT2D eigenvalue weighted by Gasteiger charge is -2.12. The summed E-state index contributed by atoms with van der Waals surface area (Å²) in [7, 11) is 0. The second-order valence-corrected chi connectivity index (χ2v) is 3.69. The lowest BCUT2D eigenvalue weighted by molar-refractivity contribution is -0.384. The molecule has 0 aliphatic carbocycles. The molecular weight excluding hydrogens is 260 g/mol. The molecule has 0 heterocycles. The zero-order valence-corrected chi connectivity index (χ0v) is 10.4. The Morgan fingerprint density at radius 1 is 1.25 bits per heavy atom. The van der Waals surface area contributed by atoms with E-state index in [-0.39, 0.29) is 18.8 Å². The van der Waals surface area contributed by atoms with Crippen molar-refractivity contribution in [2.45, 2.75) is 0 Å². The highest BCUT2D eigenvalue weighted by Crippen LogP contribution is 2.12. The van der Waals surface area contributed by atoms with E-state index < -0.39 is 10.8 Å². The summed E-state index contributed by atoms with van der Waals surface area (Å²) in [4.78, 5) is 22.7. The molecule has 7 nitrogen and oxygen atoms in total. The predicted molar refractivity (Wildman–Crippen MR) is 69.9 cm³/mol. The van der Waals surface area contributed by atoms with Crippen LogP contribution >= 0.6 is 0 Å². The first kappa shape index (κ1) is 14.9. The van der Waals surface area contributed by atoms with Crippen LogP contribution in [0.5, 0.6) is 0 Å². The molecule has 0 aromatic heterocycles. The fourth-order valence-electron chi connectivity index (χ4n) is 1.36. The molecule has 1 amide bonds. The van der Waals surface area contributed by atoms with Gasteiger partial charge in [-0.25, -0.2) is 0 Å². The Morgan fingerprint density at radius 3 is 2.25 bits per heavy atom. The minimum atomic E-state index is -0.514. The molecule has 1 rings (SSSR count). The van der Waals surface area contributed by atoms with Crippen molar-refractivity contribution in [3.05, 3.63) is 46.0 Å². The van der Waals surface area contributed by atoms with Crippen molar-refractivity contribution in [1.29, 1.82) is 10.5 Å². The molecule has 1 aromatic rings. The minimum Gasteiger partial charge on any atom is -0.313 e. The molecule has 0 aliphatic rings. The number of hydrogen-bond acceptors (Lipinski definition) is 5. The standard InChI is InChI=1S/C13H10N4O3/c14-7-9-16(10-8-15)13(18)6-3-11-1-4-12(5-2-11)17(19)20/h1-6H,9-10H2/b6-3+. The lowest BCUT2D eigenvalue weighted by Crippen LogP contribution is -2.30. The molecule has 0 spiro atoms. The number of nitrogens with zero attached hydrogens (tertiary/aromatic N) is 4. The van der Waals surface area contributed by atoms with E-state index in [1.165, 1.54) is 36.4 Å². The van der Waals surface area contributed by atoms with E-state index in [0.717, 1.165) is 4.90 Å². The molecule has 20 heavy (non-hydrogen) atoms. The van der Waals surface area contributed by atoms with Gasteiger partial charge in [0.1, 0.15) is 13.1 Å². The fraction of sp³-hybridized carbons (Fsp3) is 0.154. The molecule has 7 heteroatoms. The van der Waals surface area contributed by atoms with E-state index >= 15 is 0 Å². The maximum Gasteiger partial charge on any atom is 0.269 e. The van der Waals surface area contributed by atoms with Gasteiger partial charge in [-0.05, 0) is 23.8 Å². The SMILES string of the molecule is N#CCN(CC#N)C(=O)/C=C/c1ccc([N+](=O)[O-])cc1. The van der Waals surface area contributed by atoms with Crippen molar-refractivity contribution in [3.63, 3.8) is 0 Å². The van der Waals surface area contributed by atoms with E-state index in [2.05, 4.69) is 0 Å². The lowest BCUT2D eigenvalue weighted by atomic mass is 10.2. The number of carbonyl (C=O) groups excluding carboxylic acids is 1. The van der Waals surface area contributed by atoms with Crippen molar-refractivity contribution >= 4 is 17.7 Å². The van der Waals surface area contributed by atoms with Gasteiger partial charge in [-0.1, -0.05) is 0 Å². The normalized spacial score (nSPS) is 9.70. The second-order valence-electron chi connectivity index (χ2n) is 3.69. The Kier molecular flexibility index (Phi) is 5.42. The van der Waals surface area contributed by atoms with Crippen LogP contribution in [0.1, 0.15) is 5.56 Å². The summed E-state index contributed by atoms with van der Waals surface area (Å²) in [6.07, 6.45) is 2.68. The van der Waals surface area contributed by atoms with Gasteiger partial charge in [0.25, 0.3) is 5.69 Å². The van der Waals surface area contributed by atoms with Gasteiger partial charge in [0.2, 0.25) is 5.91 Å². The molecule has 0 unspecified atom stereocenters. The summed E-state index contributed by atoms with van der Waals surface area (Å²) in [5.41, 5.74) is 0.571. The molecule has 0 N–H and O–H groups in total. The Bertz CT molecular complexity index is 592. The number of carbonyl (C=O) groups is 1. The first-order valence-corrected chi connectivity index (χ1v) is 5.54. The molecule has 0 atom stereocenters. The number of non-ortho nitro benzene ring substituents is 1. The van der Waals surface area contributed by atoms with Crippen LogP contribution in [0.25, 0.3) is 6.08 Å². The molecular formula is C13H10N4O3. The van der Waals surface area contributed by atoms with E-state index in [4.69, 9.17) is 10.5 Å². The van der Waals surface area contributed by atoms with Crippen LogP contribution in [0, 0.1) is 32.8 Å². The average Bonchev–Trinajstić information content (AvgIpc) is 2.45. The molecule has 0 saturated carbocycles. The minimum absolute atomic E-state index is 0.0379.